The van der Waals surface area contributed by atoms with Crippen LogP contribution in [0.1, 0.15) is 47.4 Å². The second kappa shape index (κ2) is 13.7. The van der Waals surface area contributed by atoms with Gasteiger partial charge in [0.05, 0.1) is 10.5 Å². The summed E-state index contributed by atoms with van der Waals surface area (Å²) in [7, 11) is 2.10. The number of hydrogen-bond donors (Lipinski definition) is 1. The summed E-state index contributed by atoms with van der Waals surface area (Å²) in [5, 5.41) is 11.0. The Morgan fingerprint density at radius 3 is 2.41 bits per heavy atom. The molecule has 218 valence electrons. The number of amides is 2. The number of piperazine rings is 1. The number of benzene rings is 1. The van der Waals surface area contributed by atoms with E-state index in [0.29, 0.717) is 35.0 Å². The van der Waals surface area contributed by atoms with Crippen LogP contribution in [0.4, 0.5) is 5.82 Å². The minimum Gasteiger partial charge on any atom is -0.381 e. The number of ether oxygens (including phenoxy) is 1. The molecule has 3 fully saturated rings. The van der Waals surface area contributed by atoms with E-state index in [0.717, 1.165) is 77.1 Å². The highest BCUT2D eigenvalue weighted by atomic mass is 79.9. The molecule has 0 aliphatic carbocycles. The highest BCUT2D eigenvalue weighted by molar-refractivity contribution is 9.10. The molecule has 3 aliphatic rings. The molecule has 2 amide bonds. The number of nitrogens with zero attached hydrogens (tertiary/aromatic N) is 7. The predicted molar refractivity (Wildman–Crippen MR) is 157 cm³/mol. The topological polar surface area (TPSA) is 118 Å². The minimum atomic E-state index is -0.254. The van der Waals surface area contributed by atoms with Gasteiger partial charge in [0.15, 0.2) is 5.82 Å². The number of hydrogen-bond acceptors (Lipinski definition) is 9. The fourth-order valence-corrected chi connectivity index (χ4v) is 6.04. The van der Waals surface area contributed by atoms with Gasteiger partial charge in [0, 0.05) is 63.6 Å². The predicted octanol–water partition coefficient (Wildman–Crippen LogP) is 2.43. The minimum absolute atomic E-state index is 0.0317. The van der Waals surface area contributed by atoms with Crippen LogP contribution in [0, 0.1) is 17.2 Å². The van der Waals surface area contributed by atoms with E-state index < -0.39 is 0 Å². The number of halogens is 1. The van der Waals surface area contributed by atoms with Crippen LogP contribution < -0.4 is 10.4 Å². The Morgan fingerprint density at radius 1 is 1.07 bits per heavy atom. The number of aromatic nitrogens is 2. The molecule has 2 aromatic rings. The maximum atomic E-state index is 13.3. The van der Waals surface area contributed by atoms with Crippen molar-refractivity contribution in [2.45, 2.75) is 38.3 Å². The van der Waals surface area contributed by atoms with Crippen molar-refractivity contribution in [3.63, 3.8) is 0 Å². The lowest BCUT2D eigenvalue weighted by molar-refractivity contribution is -0.138. The molecule has 0 radical (unpaired) electrons. The molecule has 0 saturated carbocycles. The monoisotopic (exact) mass is 624 g/mol. The van der Waals surface area contributed by atoms with Gasteiger partial charge in [-0.1, -0.05) is 12.1 Å². The molecule has 1 aromatic carbocycles. The molecule has 0 unspecified atom stereocenters. The lowest BCUT2D eigenvalue weighted by Crippen LogP contribution is -2.51. The van der Waals surface area contributed by atoms with E-state index in [1.807, 2.05) is 35.2 Å². The first-order valence-electron chi connectivity index (χ1n) is 14.3. The molecule has 1 aromatic heterocycles. The molecule has 0 spiro atoms. The molecular weight excluding hydrogens is 588 g/mol. The fraction of sp³-hybridized carbons (Fsp3) is 0.552. The summed E-state index contributed by atoms with van der Waals surface area (Å²) < 4.78 is 6.10. The quantitative estimate of drug-likeness (QED) is 0.463. The van der Waals surface area contributed by atoms with Crippen molar-refractivity contribution in [2.75, 3.05) is 64.5 Å². The number of likely N-dealkylation sites (N-methyl/N-ethyl adjacent to an activating group) is 1. The van der Waals surface area contributed by atoms with Crippen molar-refractivity contribution in [1.29, 1.82) is 5.26 Å². The Bertz CT molecular complexity index is 1250. The van der Waals surface area contributed by atoms with Crippen LogP contribution >= 0.6 is 15.9 Å². The van der Waals surface area contributed by atoms with E-state index >= 15 is 0 Å². The number of carbonyl (C=O) groups is 2. The normalized spacial score (nSPS) is 19.5. The van der Waals surface area contributed by atoms with Gasteiger partial charge in [0.2, 0.25) is 11.7 Å². The molecule has 0 bridgehead atoms. The molecule has 0 atom stereocenters. The van der Waals surface area contributed by atoms with E-state index in [1.54, 1.807) is 5.01 Å². The number of likely N-dealkylation sites (tertiary alicyclic amines) is 1. The number of nitriles is 1. The lowest BCUT2D eigenvalue weighted by atomic mass is 9.94. The van der Waals surface area contributed by atoms with Gasteiger partial charge < -0.3 is 14.5 Å². The zero-order valence-electron chi connectivity index (χ0n) is 23.5. The van der Waals surface area contributed by atoms with Crippen molar-refractivity contribution in [3.05, 3.63) is 51.9 Å². The summed E-state index contributed by atoms with van der Waals surface area (Å²) in [6.45, 7) is 7.31. The van der Waals surface area contributed by atoms with E-state index in [4.69, 9.17) is 4.74 Å². The SMILES string of the molecule is CN1CCN(C(=O)C2CCN(Cc3ccc(C(=O)NN(c4nc(C#N)ncc4Br)C4CCOCC4)cc3)CC2)CC1. The summed E-state index contributed by atoms with van der Waals surface area (Å²) in [4.78, 5) is 41.4. The van der Waals surface area contributed by atoms with Crippen molar-refractivity contribution < 1.29 is 14.3 Å². The number of nitrogens with one attached hydrogen (secondary N) is 1. The highest BCUT2D eigenvalue weighted by Gasteiger charge is 2.30. The molecule has 1 N–H and O–H groups in total. The summed E-state index contributed by atoms with van der Waals surface area (Å²) in [5.41, 5.74) is 4.68. The average molecular weight is 626 g/mol. The van der Waals surface area contributed by atoms with Crippen LogP contribution in [-0.4, -0.2) is 102 Å². The van der Waals surface area contributed by atoms with Gasteiger partial charge in [-0.25, -0.2) is 4.98 Å². The van der Waals surface area contributed by atoms with Crippen LogP contribution in [0.5, 0.6) is 0 Å². The van der Waals surface area contributed by atoms with Crippen LogP contribution in [0.15, 0.2) is 34.9 Å². The largest absolute Gasteiger partial charge is 0.381 e. The molecule has 3 saturated heterocycles. The van der Waals surface area contributed by atoms with Crippen LogP contribution in [0.3, 0.4) is 0 Å². The van der Waals surface area contributed by atoms with Gasteiger partial charge in [-0.05, 0) is 79.4 Å². The van der Waals surface area contributed by atoms with Gasteiger partial charge in [0.25, 0.3) is 5.91 Å². The van der Waals surface area contributed by atoms with E-state index in [2.05, 4.69) is 48.2 Å². The number of anilines is 1. The fourth-order valence-electron chi connectivity index (χ4n) is 5.66. The second-order valence-electron chi connectivity index (χ2n) is 11.0. The molecule has 3 aliphatic heterocycles. The lowest BCUT2D eigenvalue weighted by Gasteiger charge is -2.37. The Balaban J connectivity index is 1.17. The van der Waals surface area contributed by atoms with E-state index in [-0.39, 0.29) is 23.7 Å². The highest BCUT2D eigenvalue weighted by Crippen LogP contribution is 2.27. The number of rotatable bonds is 7. The molecule has 4 heterocycles. The third-order valence-corrected chi connectivity index (χ3v) is 8.77. The summed E-state index contributed by atoms with van der Waals surface area (Å²) in [6.07, 6.45) is 4.74. The van der Waals surface area contributed by atoms with Gasteiger partial charge in [0.1, 0.15) is 6.07 Å². The maximum absolute atomic E-state index is 13.3. The Kier molecular flexibility index (Phi) is 9.82. The number of carbonyl (C=O) groups excluding carboxylic acids is 2. The molecule has 11 nitrogen and oxygen atoms in total. The van der Waals surface area contributed by atoms with Crippen molar-refractivity contribution >= 4 is 33.6 Å². The van der Waals surface area contributed by atoms with Gasteiger partial charge in [-0.3, -0.25) is 24.9 Å². The first-order valence-corrected chi connectivity index (χ1v) is 15.1. The number of hydrazine groups is 1. The molecule has 41 heavy (non-hydrogen) atoms. The van der Waals surface area contributed by atoms with Gasteiger partial charge in [-0.2, -0.15) is 10.2 Å². The summed E-state index contributed by atoms with van der Waals surface area (Å²) in [5.74, 6) is 0.670. The van der Waals surface area contributed by atoms with E-state index in [1.165, 1.54) is 6.20 Å². The maximum Gasteiger partial charge on any atom is 0.269 e. The smallest absolute Gasteiger partial charge is 0.269 e. The van der Waals surface area contributed by atoms with Gasteiger partial charge >= 0.3 is 0 Å². The number of piperidine rings is 1. The Hall–Kier alpha value is -3.11. The standard InChI is InChI=1S/C29H37BrN8O3/c1-35-12-14-37(15-13-35)29(40)23-6-10-36(11-7-23)20-21-2-4-22(5-3-21)28(39)34-38(24-8-16-41-17-9-24)27-25(30)19-32-26(18-31)33-27/h2-5,19,23-24H,6-17,20H2,1H3,(H,34,39). The van der Waals surface area contributed by atoms with Crippen molar-refractivity contribution in [2.24, 2.45) is 5.92 Å². The Morgan fingerprint density at radius 2 is 1.76 bits per heavy atom. The van der Waals surface area contributed by atoms with Crippen LogP contribution in [0.25, 0.3) is 0 Å². The molecule has 5 rings (SSSR count). The third kappa shape index (κ3) is 7.40. The average Bonchev–Trinajstić information content (AvgIpc) is 3.01. The van der Waals surface area contributed by atoms with Gasteiger partial charge in [-0.15, -0.1) is 0 Å². The first-order chi connectivity index (χ1) is 19.9. The first kappa shape index (κ1) is 29.4. The molecule has 12 heteroatoms. The van der Waals surface area contributed by atoms with Crippen molar-refractivity contribution in [3.8, 4) is 6.07 Å². The second-order valence-corrected chi connectivity index (χ2v) is 11.9. The zero-order chi connectivity index (χ0) is 28.8. The zero-order valence-corrected chi connectivity index (χ0v) is 25.1. The summed E-state index contributed by atoms with van der Waals surface area (Å²) >= 11 is 3.48. The summed E-state index contributed by atoms with van der Waals surface area (Å²) in [6, 6.07) is 9.60. The Labute approximate surface area is 249 Å². The third-order valence-electron chi connectivity index (χ3n) is 8.21. The van der Waals surface area contributed by atoms with E-state index in [9.17, 15) is 14.9 Å². The van der Waals surface area contributed by atoms with Crippen LogP contribution in [0.2, 0.25) is 0 Å². The molecular formula is C29H37BrN8O3. The van der Waals surface area contributed by atoms with Crippen LogP contribution in [-0.2, 0) is 16.1 Å². The van der Waals surface area contributed by atoms with Crippen molar-refractivity contribution in [1.82, 2.24) is 30.1 Å².